The zero-order valence-corrected chi connectivity index (χ0v) is 10.3. The molecular weight excluding hydrogens is 231 g/mol. The molecule has 1 aliphatic rings. The van der Waals surface area contributed by atoms with Gasteiger partial charge in [0.2, 0.25) is 0 Å². The van der Waals surface area contributed by atoms with E-state index in [1.54, 1.807) is 6.07 Å². The van der Waals surface area contributed by atoms with Crippen LogP contribution in [0.25, 0.3) is 0 Å². The zero-order chi connectivity index (χ0) is 12.8. The van der Waals surface area contributed by atoms with Crippen molar-refractivity contribution < 1.29 is 9.13 Å². The number of piperidine rings is 1. The standard InChI is InChI=1S/C14H17FN2O/c15-14-6-12(8-16)5-13(7-14)10-18-9-11-1-3-17-4-2-11/h5-7,11,17H,1-4,9-10H2. The second kappa shape index (κ2) is 6.48. The van der Waals surface area contributed by atoms with Crippen LogP contribution in [-0.4, -0.2) is 19.7 Å². The number of hydrogen-bond donors (Lipinski definition) is 1. The SMILES string of the molecule is N#Cc1cc(F)cc(COCC2CCNCC2)c1. The van der Waals surface area contributed by atoms with E-state index in [9.17, 15) is 4.39 Å². The van der Waals surface area contributed by atoms with Crippen LogP contribution in [-0.2, 0) is 11.3 Å². The van der Waals surface area contributed by atoms with Gasteiger partial charge in [-0.1, -0.05) is 0 Å². The molecule has 1 saturated heterocycles. The Morgan fingerprint density at radius 3 is 2.83 bits per heavy atom. The quantitative estimate of drug-likeness (QED) is 0.888. The van der Waals surface area contributed by atoms with Crippen molar-refractivity contribution in [3.63, 3.8) is 0 Å². The molecule has 2 rings (SSSR count). The smallest absolute Gasteiger partial charge is 0.124 e. The Balaban J connectivity index is 1.82. The Morgan fingerprint density at radius 2 is 2.11 bits per heavy atom. The number of nitriles is 1. The molecule has 0 spiro atoms. The number of ether oxygens (including phenoxy) is 1. The van der Waals surface area contributed by atoms with Gasteiger partial charge in [-0.05, 0) is 55.6 Å². The summed E-state index contributed by atoms with van der Waals surface area (Å²) in [5.74, 6) is 0.213. The first-order valence-electron chi connectivity index (χ1n) is 6.26. The molecule has 0 unspecified atom stereocenters. The number of nitrogens with one attached hydrogen (secondary N) is 1. The summed E-state index contributed by atoms with van der Waals surface area (Å²) < 4.78 is 18.8. The number of benzene rings is 1. The molecule has 3 nitrogen and oxygen atoms in total. The highest BCUT2D eigenvalue weighted by Gasteiger charge is 2.12. The van der Waals surface area contributed by atoms with E-state index in [4.69, 9.17) is 10.00 Å². The van der Waals surface area contributed by atoms with Gasteiger partial charge in [-0.3, -0.25) is 0 Å². The Kier molecular flexibility index (Phi) is 4.68. The van der Waals surface area contributed by atoms with Gasteiger partial charge in [0.15, 0.2) is 0 Å². The summed E-state index contributed by atoms with van der Waals surface area (Å²) in [6, 6.07) is 6.27. The van der Waals surface area contributed by atoms with Crippen molar-refractivity contribution in [1.29, 1.82) is 5.26 Å². The Morgan fingerprint density at radius 1 is 1.33 bits per heavy atom. The lowest BCUT2D eigenvalue weighted by Gasteiger charge is -2.22. The number of halogens is 1. The molecule has 0 aromatic heterocycles. The zero-order valence-electron chi connectivity index (χ0n) is 10.3. The lowest BCUT2D eigenvalue weighted by Crippen LogP contribution is -2.29. The molecular formula is C14H17FN2O. The van der Waals surface area contributed by atoms with E-state index >= 15 is 0 Å². The minimum absolute atomic E-state index is 0.343. The van der Waals surface area contributed by atoms with Crippen molar-refractivity contribution in [2.45, 2.75) is 19.4 Å². The first-order valence-corrected chi connectivity index (χ1v) is 6.26. The molecule has 0 saturated carbocycles. The molecule has 1 N–H and O–H groups in total. The van der Waals surface area contributed by atoms with Gasteiger partial charge in [-0.25, -0.2) is 4.39 Å². The van der Waals surface area contributed by atoms with Crippen LogP contribution in [0.4, 0.5) is 4.39 Å². The fourth-order valence-corrected chi connectivity index (χ4v) is 2.19. The monoisotopic (exact) mass is 248 g/mol. The van der Waals surface area contributed by atoms with E-state index in [0.717, 1.165) is 31.5 Å². The van der Waals surface area contributed by atoms with Gasteiger partial charge < -0.3 is 10.1 Å². The van der Waals surface area contributed by atoms with Crippen LogP contribution < -0.4 is 5.32 Å². The Hall–Kier alpha value is -1.44. The van der Waals surface area contributed by atoms with Crippen molar-refractivity contribution in [3.8, 4) is 6.07 Å². The van der Waals surface area contributed by atoms with Crippen LogP contribution in [0.5, 0.6) is 0 Å². The minimum atomic E-state index is -0.380. The van der Waals surface area contributed by atoms with Gasteiger partial charge in [0, 0.05) is 6.61 Å². The fourth-order valence-electron chi connectivity index (χ4n) is 2.19. The molecule has 1 aliphatic heterocycles. The summed E-state index contributed by atoms with van der Waals surface area (Å²) in [4.78, 5) is 0. The molecule has 0 bridgehead atoms. The summed E-state index contributed by atoms with van der Waals surface area (Å²) in [6.45, 7) is 3.18. The van der Waals surface area contributed by atoms with E-state index < -0.39 is 0 Å². The van der Waals surface area contributed by atoms with Crippen LogP contribution in [0, 0.1) is 23.1 Å². The highest BCUT2D eigenvalue weighted by Crippen LogP contribution is 2.14. The highest BCUT2D eigenvalue weighted by atomic mass is 19.1. The van der Waals surface area contributed by atoms with Crippen molar-refractivity contribution in [1.82, 2.24) is 5.32 Å². The molecule has 4 heteroatoms. The highest BCUT2D eigenvalue weighted by molar-refractivity contribution is 5.33. The van der Waals surface area contributed by atoms with E-state index in [2.05, 4.69) is 5.32 Å². The van der Waals surface area contributed by atoms with E-state index in [1.807, 2.05) is 6.07 Å². The molecule has 0 radical (unpaired) electrons. The average Bonchev–Trinajstić information content (AvgIpc) is 2.39. The molecule has 1 heterocycles. The minimum Gasteiger partial charge on any atom is -0.376 e. The number of nitrogens with zero attached hydrogens (tertiary/aromatic N) is 1. The summed E-state index contributed by atoms with van der Waals surface area (Å²) >= 11 is 0. The van der Waals surface area contributed by atoms with E-state index in [1.165, 1.54) is 12.1 Å². The van der Waals surface area contributed by atoms with E-state index in [-0.39, 0.29) is 5.82 Å². The summed E-state index contributed by atoms with van der Waals surface area (Å²) in [7, 11) is 0. The van der Waals surface area contributed by atoms with E-state index in [0.29, 0.717) is 24.7 Å². The van der Waals surface area contributed by atoms with Crippen LogP contribution in [0.15, 0.2) is 18.2 Å². The topological polar surface area (TPSA) is 45.0 Å². The molecule has 18 heavy (non-hydrogen) atoms. The normalized spacial score (nSPS) is 16.4. The van der Waals surface area contributed by atoms with Crippen LogP contribution in [0.1, 0.15) is 24.0 Å². The Bertz CT molecular complexity index is 436. The average molecular weight is 248 g/mol. The van der Waals surface area contributed by atoms with Gasteiger partial charge in [-0.15, -0.1) is 0 Å². The first kappa shape index (κ1) is 13.0. The third-order valence-electron chi connectivity index (χ3n) is 3.17. The van der Waals surface area contributed by atoms with Gasteiger partial charge >= 0.3 is 0 Å². The summed E-state index contributed by atoms with van der Waals surface area (Å²) in [6.07, 6.45) is 2.26. The molecule has 1 aromatic rings. The van der Waals surface area contributed by atoms with Crippen molar-refractivity contribution in [2.75, 3.05) is 19.7 Å². The molecule has 0 aliphatic carbocycles. The van der Waals surface area contributed by atoms with Crippen LogP contribution >= 0.6 is 0 Å². The Labute approximate surface area is 107 Å². The summed E-state index contributed by atoms with van der Waals surface area (Å²) in [5.41, 5.74) is 1.07. The summed E-state index contributed by atoms with van der Waals surface area (Å²) in [5, 5.41) is 12.1. The molecule has 0 atom stereocenters. The maximum Gasteiger partial charge on any atom is 0.124 e. The van der Waals surface area contributed by atoms with Crippen molar-refractivity contribution >= 4 is 0 Å². The van der Waals surface area contributed by atoms with Crippen LogP contribution in [0.3, 0.4) is 0 Å². The maximum absolute atomic E-state index is 13.2. The molecule has 96 valence electrons. The number of rotatable bonds is 4. The first-order chi connectivity index (χ1) is 8.78. The van der Waals surface area contributed by atoms with Gasteiger partial charge in [0.25, 0.3) is 0 Å². The second-order valence-corrected chi connectivity index (χ2v) is 4.67. The van der Waals surface area contributed by atoms with Gasteiger partial charge in [-0.2, -0.15) is 5.26 Å². The van der Waals surface area contributed by atoms with Gasteiger partial charge in [0.1, 0.15) is 5.82 Å². The lowest BCUT2D eigenvalue weighted by atomic mass is 9.99. The molecule has 1 aromatic carbocycles. The largest absolute Gasteiger partial charge is 0.376 e. The maximum atomic E-state index is 13.2. The predicted octanol–water partition coefficient (Wildman–Crippen LogP) is 2.21. The predicted molar refractivity (Wildman–Crippen MR) is 66.4 cm³/mol. The second-order valence-electron chi connectivity index (χ2n) is 4.67. The molecule has 1 fully saturated rings. The van der Waals surface area contributed by atoms with Gasteiger partial charge in [0.05, 0.1) is 18.2 Å². The third-order valence-corrected chi connectivity index (χ3v) is 3.17. The fraction of sp³-hybridized carbons (Fsp3) is 0.500. The lowest BCUT2D eigenvalue weighted by molar-refractivity contribution is 0.0762. The molecule has 0 amide bonds. The van der Waals surface area contributed by atoms with Crippen LogP contribution in [0.2, 0.25) is 0 Å². The van der Waals surface area contributed by atoms with Crippen molar-refractivity contribution in [3.05, 3.63) is 35.1 Å². The number of hydrogen-bond acceptors (Lipinski definition) is 3. The third kappa shape index (κ3) is 3.80. The van der Waals surface area contributed by atoms with Crippen molar-refractivity contribution in [2.24, 2.45) is 5.92 Å².